The van der Waals surface area contributed by atoms with Crippen molar-refractivity contribution in [3.05, 3.63) is 48.6 Å². The summed E-state index contributed by atoms with van der Waals surface area (Å²) < 4.78 is 28.0. The maximum atomic E-state index is 13.2. The molecule has 2 rings (SSSR count). The van der Waals surface area contributed by atoms with E-state index in [2.05, 4.69) is 27.8 Å². The van der Waals surface area contributed by atoms with Gasteiger partial charge in [-0.05, 0) is 37.3 Å². The van der Waals surface area contributed by atoms with Crippen LogP contribution in [0.5, 0.6) is 0 Å². The van der Waals surface area contributed by atoms with Gasteiger partial charge in [0.05, 0.1) is 0 Å². The van der Waals surface area contributed by atoms with Crippen molar-refractivity contribution in [1.82, 2.24) is 21.3 Å². The lowest BCUT2D eigenvalue weighted by Crippen LogP contribution is -2.66. The van der Waals surface area contributed by atoms with E-state index in [4.69, 9.17) is 23.7 Å². The minimum atomic E-state index is -1.20. The van der Waals surface area contributed by atoms with Gasteiger partial charge in [-0.2, -0.15) is 0 Å². The summed E-state index contributed by atoms with van der Waals surface area (Å²) in [5.41, 5.74) is 0.914. The van der Waals surface area contributed by atoms with Crippen LogP contribution in [0.2, 0.25) is 0 Å². The molecule has 0 radical (unpaired) electrons. The normalized spacial score (nSPS) is 19.7. The quantitative estimate of drug-likeness (QED) is 0.0515. The Balaban J connectivity index is 1.88. The lowest BCUT2D eigenvalue weighted by Gasteiger charge is -2.44. The second-order valence-corrected chi connectivity index (χ2v) is 12.9. The van der Waals surface area contributed by atoms with Gasteiger partial charge in [-0.3, -0.25) is 33.6 Å². The number of ether oxygens (including phenoxy) is 5. The summed E-state index contributed by atoms with van der Waals surface area (Å²) in [7, 11) is 0. The van der Waals surface area contributed by atoms with Crippen molar-refractivity contribution in [3.8, 4) is 0 Å². The highest BCUT2D eigenvalue weighted by Crippen LogP contribution is 2.28. The maximum Gasteiger partial charge on any atom is 0.303 e. The number of rotatable bonds is 24. The lowest BCUT2D eigenvalue weighted by molar-refractivity contribution is -0.277. The van der Waals surface area contributed by atoms with E-state index in [1.165, 1.54) is 26.8 Å². The predicted molar refractivity (Wildman–Crippen MR) is 195 cm³/mol. The third kappa shape index (κ3) is 18.3. The summed E-state index contributed by atoms with van der Waals surface area (Å²) in [5, 5.41) is 11.2. The standard InChI is InChI=1S/C38H56N4O12/c1-6-32(47)39-20-15-10-13-19-33(48)42-30(23-29-17-11-9-12-18-29)37(49)40-21-14-7-8-16-22-50-38-34(41-25(2)43)36(53-28(5)46)35(52-27(4)45)31(54-38)24-51-26(3)44/h6,9,11-12,17-18,30-31,34-36,38H,1,7-8,10,13-16,19-24H2,2-5H3,(H,39,47)(H,40,49)(H,41,43)(H,42,48)/t30?,31?,34?,35-,36?,38-/m1/s1. The molecule has 1 saturated heterocycles. The molecule has 1 aromatic rings. The van der Waals surface area contributed by atoms with Crippen LogP contribution in [0.1, 0.15) is 84.6 Å². The molecule has 6 atom stereocenters. The predicted octanol–water partition coefficient (Wildman–Crippen LogP) is 1.93. The third-order valence-corrected chi connectivity index (χ3v) is 8.22. The van der Waals surface area contributed by atoms with E-state index in [1.54, 1.807) is 0 Å². The molecular weight excluding hydrogens is 704 g/mol. The van der Waals surface area contributed by atoms with Gasteiger partial charge in [0.25, 0.3) is 0 Å². The van der Waals surface area contributed by atoms with E-state index in [1.807, 2.05) is 30.3 Å². The fourth-order valence-electron chi connectivity index (χ4n) is 5.74. The van der Waals surface area contributed by atoms with Gasteiger partial charge in [-0.25, -0.2) is 0 Å². The molecule has 4 N–H and O–H groups in total. The second kappa shape index (κ2) is 25.2. The molecule has 0 aromatic heterocycles. The first-order valence-electron chi connectivity index (χ1n) is 18.3. The molecule has 4 unspecified atom stereocenters. The first kappa shape index (κ1) is 45.3. The summed E-state index contributed by atoms with van der Waals surface area (Å²) in [6.45, 7) is 8.98. The zero-order chi connectivity index (χ0) is 39.9. The van der Waals surface area contributed by atoms with Gasteiger partial charge in [0.2, 0.25) is 23.6 Å². The first-order chi connectivity index (χ1) is 25.8. The number of carbonyl (C=O) groups excluding carboxylic acids is 7. The van der Waals surface area contributed by atoms with Crippen LogP contribution in [0, 0.1) is 0 Å². The maximum absolute atomic E-state index is 13.2. The molecule has 0 bridgehead atoms. The monoisotopic (exact) mass is 760 g/mol. The Kier molecular flexibility index (Phi) is 21.2. The van der Waals surface area contributed by atoms with Crippen LogP contribution in [-0.4, -0.2) is 105 Å². The topological polar surface area (TPSA) is 214 Å². The molecule has 4 amide bonds. The van der Waals surface area contributed by atoms with E-state index in [0.717, 1.165) is 38.2 Å². The fourth-order valence-corrected chi connectivity index (χ4v) is 5.74. The molecular formula is C38H56N4O12. The zero-order valence-corrected chi connectivity index (χ0v) is 31.7. The Hall–Kier alpha value is -4.83. The third-order valence-electron chi connectivity index (χ3n) is 8.22. The minimum Gasteiger partial charge on any atom is -0.463 e. The highest BCUT2D eigenvalue weighted by molar-refractivity contribution is 5.88. The second-order valence-electron chi connectivity index (χ2n) is 12.9. The highest BCUT2D eigenvalue weighted by Gasteiger charge is 2.51. The van der Waals surface area contributed by atoms with Crippen LogP contribution >= 0.6 is 0 Å². The van der Waals surface area contributed by atoms with Gasteiger partial charge in [0.1, 0.15) is 24.8 Å². The van der Waals surface area contributed by atoms with Crippen LogP contribution in [0.15, 0.2) is 43.0 Å². The molecule has 1 aromatic carbocycles. The van der Waals surface area contributed by atoms with Gasteiger partial charge >= 0.3 is 17.9 Å². The van der Waals surface area contributed by atoms with Gasteiger partial charge in [-0.1, -0.05) is 56.2 Å². The summed E-state index contributed by atoms with van der Waals surface area (Å²) >= 11 is 0. The van der Waals surface area contributed by atoms with Gasteiger partial charge in [0, 0.05) is 60.2 Å². The average Bonchev–Trinajstić information content (AvgIpc) is 3.11. The molecule has 1 aliphatic heterocycles. The SMILES string of the molecule is C=CC(=O)NCCCCCC(=O)NC(Cc1ccccc1)C(=O)NCCCCCCO[C@@H]1OC(COC(C)=O)[C@@H](OC(C)=O)C(OC(C)=O)C1NC(C)=O. The molecule has 0 saturated carbocycles. The van der Waals surface area contributed by atoms with Crippen molar-refractivity contribution < 1.29 is 57.2 Å². The summed E-state index contributed by atoms with van der Waals surface area (Å²) in [4.78, 5) is 84.8. The number of hydrogen-bond donors (Lipinski definition) is 4. The number of esters is 3. The number of nitrogens with one attached hydrogen (secondary N) is 4. The van der Waals surface area contributed by atoms with Crippen molar-refractivity contribution in [2.24, 2.45) is 0 Å². The van der Waals surface area contributed by atoms with Crippen molar-refractivity contribution >= 4 is 41.5 Å². The number of benzene rings is 1. The van der Waals surface area contributed by atoms with Crippen LogP contribution in [0.3, 0.4) is 0 Å². The van der Waals surface area contributed by atoms with Crippen LogP contribution < -0.4 is 21.3 Å². The largest absolute Gasteiger partial charge is 0.463 e. The first-order valence-corrected chi connectivity index (χ1v) is 18.3. The van der Waals surface area contributed by atoms with Crippen molar-refractivity contribution in [2.75, 3.05) is 26.3 Å². The average molecular weight is 761 g/mol. The molecule has 1 aliphatic rings. The molecule has 1 heterocycles. The summed E-state index contributed by atoms with van der Waals surface area (Å²) in [6, 6.07) is 7.65. The van der Waals surface area contributed by atoms with E-state index >= 15 is 0 Å². The van der Waals surface area contributed by atoms with Gasteiger partial charge < -0.3 is 45.0 Å². The molecule has 300 valence electrons. The van der Waals surface area contributed by atoms with E-state index in [-0.39, 0.29) is 37.4 Å². The smallest absolute Gasteiger partial charge is 0.303 e. The molecule has 16 heteroatoms. The van der Waals surface area contributed by atoms with E-state index < -0.39 is 60.5 Å². The van der Waals surface area contributed by atoms with Crippen molar-refractivity contribution in [1.29, 1.82) is 0 Å². The molecule has 1 fully saturated rings. The Bertz CT molecular complexity index is 1390. The Morgan fingerprint density at radius 2 is 1.43 bits per heavy atom. The number of amides is 4. The van der Waals surface area contributed by atoms with Crippen molar-refractivity contribution in [2.45, 2.75) is 122 Å². The van der Waals surface area contributed by atoms with Crippen LogP contribution in [0.25, 0.3) is 0 Å². The molecule has 0 aliphatic carbocycles. The van der Waals surface area contributed by atoms with Gasteiger partial charge in [-0.15, -0.1) is 0 Å². The number of hydrogen-bond acceptors (Lipinski definition) is 12. The Morgan fingerprint density at radius 1 is 0.796 bits per heavy atom. The Labute approximate surface area is 316 Å². The van der Waals surface area contributed by atoms with E-state index in [9.17, 15) is 33.6 Å². The minimum absolute atomic E-state index is 0.188. The molecule has 0 spiro atoms. The summed E-state index contributed by atoms with van der Waals surface area (Å²) in [6.07, 6.45) is 2.02. The Morgan fingerprint density at radius 3 is 2.06 bits per heavy atom. The molecule has 16 nitrogen and oxygen atoms in total. The summed E-state index contributed by atoms with van der Waals surface area (Å²) in [5.74, 6) is -3.19. The fraction of sp³-hybridized carbons (Fsp3) is 0.605. The number of unbranched alkanes of at least 4 members (excludes halogenated alkanes) is 5. The lowest BCUT2D eigenvalue weighted by atomic mass is 9.96. The van der Waals surface area contributed by atoms with Crippen molar-refractivity contribution in [3.63, 3.8) is 0 Å². The van der Waals surface area contributed by atoms with Gasteiger partial charge in [0.15, 0.2) is 18.5 Å². The van der Waals surface area contributed by atoms with E-state index in [0.29, 0.717) is 38.8 Å². The van der Waals surface area contributed by atoms with Crippen LogP contribution in [0.4, 0.5) is 0 Å². The highest BCUT2D eigenvalue weighted by atomic mass is 16.7. The zero-order valence-electron chi connectivity index (χ0n) is 31.7. The molecule has 54 heavy (non-hydrogen) atoms. The number of carbonyl (C=O) groups is 7. The van der Waals surface area contributed by atoms with Crippen LogP contribution in [-0.2, 0) is 63.7 Å².